The van der Waals surface area contributed by atoms with Crippen LogP contribution in [0.4, 0.5) is 0 Å². The second-order valence-electron chi connectivity index (χ2n) is 18.5. The number of nitrogens with zero attached hydrogens (tertiary/aromatic N) is 2. The second-order valence-corrected chi connectivity index (χ2v) is 18.5. The van der Waals surface area contributed by atoms with E-state index < -0.39 is 0 Å². The number of furan rings is 2. The molecule has 14 rings (SSSR count). The van der Waals surface area contributed by atoms with Gasteiger partial charge in [0.05, 0.1) is 11.4 Å². The van der Waals surface area contributed by atoms with Crippen molar-refractivity contribution in [3.05, 3.63) is 217 Å². The van der Waals surface area contributed by atoms with Crippen LogP contribution in [0.5, 0.6) is 0 Å². The molecule has 0 fully saturated rings. The number of fused-ring (bicyclic) bond motifs is 11. The van der Waals surface area contributed by atoms with Crippen LogP contribution in [0.25, 0.3) is 133 Å². The molecule has 10 aromatic carbocycles. The smallest absolute Gasteiger partial charge is 0.160 e. The fraction of sp³-hybridized carbons (Fsp3) is 0.0476. The van der Waals surface area contributed by atoms with Crippen molar-refractivity contribution < 1.29 is 8.83 Å². The van der Waals surface area contributed by atoms with Crippen molar-refractivity contribution in [2.45, 2.75) is 19.3 Å². The van der Waals surface area contributed by atoms with Crippen molar-refractivity contribution in [3.63, 3.8) is 0 Å². The van der Waals surface area contributed by atoms with Crippen LogP contribution in [0.3, 0.4) is 0 Å². The van der Waals surface area contributed by atoms with Crippen molar-refractivity contribution in [2.24, 2.45) is 0 Å². The third-order valence-electron chi connectivity index (χ3n) is 14.3. The fourth-order valence-corrected chi connectivity index (χ4v) is 10.9. The van der Waals surface area contributed by atoms with Crippen LogP contribution in [0.2, 0.25) is 0 Å². The van der Waals surface area contributed by atoms with Crippen LogP contribution in [0.15, 0.2) is 215 Å². The third kappa shape index (κ3) is 5.79. The van der Waals surface area contributed by atoms with Gasteiger partial charge < -0.3 is 8.83 Å². The molecule has 4 nitrogen and oxygen atoms in total. The highest BCUT2D eigenvalue weighted by Crippen LogP contribution is 2.53. The number of hydrogen-bond donors (Lipinski definition) is 0. The molecular formula is C63H40N2O2. The molecule has 3 heterocycles. The summed E-state index contributed by atoms with van der Waals surface area (Å²) in [5.74, 6) is 0.705. The van der Waals surface area contributed by atoms with Crippen molar-refractivity contribution in [3.8, 4) is 67.3 Å². The number of aromatic nitrogens is 2. The van der Waals surface area contributed by atoms with E-state index in [1.165, 1.54) is 33.0 Å². The molecule has 1 aliphatic carbocycles. The average molecular weight is 857 g/mol. The van der Waals surface area contributed by atoms with Gasteiger partial charge in [-0.05, 0) is 121 Å². The zero-order valence-electron chi connectivity index (χ0n) is 36.8. The van der Waals surface area contributed by atoms with Crippen molar-refractivity contribution in [2.75, 3.05) is 0 Å². The Morgan fingerprint density at radius 3 is 1.82 bits per heavy atom. The lowest BCUT2D eigenvalue weighted by molar-refractivity contribution is 0.661. The molecular weight excluding hydrogens is 817 g/mol. The van der Waals surface area contributed by atoms with Gasteiger partial charge in [0.1, 0.15) is 22.3 Å². The van der Waals surface area contributed by atoms with Gasteiger partial charge in [0.2, 0.25) is 0 Å². The molecule has 67 heavy (non-hydrogen) atoms. The molecule has 314 valence electrons. The molecule has 1 aliphatic rings. The molecule has 0 aliphatic heterocycles. The van der Waals surface area contributed by atoms with E-state index in [-0.39, 0.29) is 5.41 Å². The van der Waals surface area contributed by atoms with E-state index in [1.807, 2.05) is 24.3 Å². The number of hydrogen-bond acceptors (Lipinski definition) is 4. The minimum atomic E-state index is -0.162. The quantitative estimate of drug-likeness (QED) is 0.173. The number of benzene rings is 10. The molecule has 0 atom stereocenters. The van der Waals surface area contributed by atoms with Crippen molar-refractivity contribution >= 4 is 65.4 Å². The minimum absolute atomic E-state index is 0.162. The summed E-state index contributed by atoms with van der Waals surface area (Å²) in [6, 6.07) is 73.6. The Bertz CT molecular complexity index is 4190. The van der Waals surface area contributed by atoms with Gasteiger partial charge in [-0.3, -0.25) is 0 Å². The van der Waals surface area contributed by atoms with Crippen LogP contribution >= 0.6 is 0 Å². The lowest BCUT2D eigenvalue weighted by atomic mass is 9.81. The van der Waals surface area contributed by atoms with Crippen LogP contribution in [-0.2, 0) is 5.41 Å². The second kappa shape index (κ2) is 14.2. The molecule has 0 spiro atoms. The average Bonchev–Trinajstić information content (AvgIpc) is 4.01. The van der Waals surface area contributed by atoms with Gasteiger partial charge in [-0.25, -0.2) is 9.97 Å². The minimum Gasteiger partial charge on any atom is -0.456 e. The Morgan fingerprint density at radius 2 is 0.955 bits per heavy atom. The first-order chi connectivity index (χ1) is 32.9. The molecule has 0 bridgehead atoms. The molecule has 0 N–H and O–H groups in total. The van der Waals surface area contributed by atoms with E-state index >= 15 is 0 Å². The maximum atomic E-state index is 6.56. The standard InChI is InChI=1S/C63H40N2O2/c1-63(2)52-23-12-22-48(60(52)50-32-38-16-6-7-17-39(38)33-53(50)63)55-36-54(64-62(65-55)37-14-4-3-5-15-37)43-29-27-40-30-42(28-26-41(40)31-43)44-18-8-9-19-45(44)47-21-13-25-57-61(47)51-35-58-49(34-59(51)67-57)46-20-10-11-24-56(46)66-58/h3-36H,1-2H3. The zero-order valence-corrected chi connectivity index (χ0v) is 36.8. The molecule has 0 radical (unpaired) electrons. The van der Waals surface area contributed by atoms with Crippen molar-refractivity contribution in [1.29, 1.82) is 0 Å². The Labute approximate surface area is 386 Å². The Hall–Kier alpha value is -8.60. The summed E-state index contributed by atoms with van der Waals surface area (Å²) in [5.41, 5.74) is 18.0. The van der Waals surface area contributed by atoms with E-state index in [0.717, 1.165) is 105 Å². The zero-order chi connectivity index (χ0) is 44.4. The largest absolute Gasteiger partial charge is 0.456 e. The van der Waals surface area contributed by atoms with Gasteiger partial charge in [-0.2, -0.15) is 0 Å². The van der Waals surface area contributed by atoms with Gasteiger partial charge >= 0.3 is 0 Å². The lowest BCUT2D eigenvalue weighted by Crippen LogP contribution is -2.14. The maximum absolute atomic E-state index is 6.56. The van der Waals surface area contributed by atoms with Gasteiger partial charge in [-0.1, -0.05) is 166 Å². The van der Waals surface area contributed by atoms with E-state index in [1.54, 1.807) is 0 Å². The van der Waals surface area contributed by atoms with Crippen LogP contribution in [0, 0.1) is 0 Å². The molecule has 0 amide bonds. The predicted octanol–water partition coefficient (Wildman–Crippen LogP) is 17.2. The van der Waals surface area contributed by atoms with Crippen LogP contribution in [-0.4, -0.2) is 9.97 Å². The summed E-state index contributed by atoms with van der Waals surface area (Å²) in [7, 11) is 0. The SMILES string of the molecule is CC1(C)c2cc3ccccc3cc2-c2c(-c3cc(-c4ccc5cc(-c6ccccc6-c6cccc7oc8cc9c(cc8c67)oc6ccccc69)ccc5c4)nc(-c4ccccc4)n3)cccc21. The normalized spacial score (nSPS) is 13.0. The topological polar surface area (TPSA) is 52.1 Å². The highest BCUT2D eigenvalue weighted by Gasteiger charge is 2.37. The first kappa shape index (κ1) is 37.7. The molecule has 3 aromatic heterocycles. The first-order valence-electron chi connectivity index (χ1n) is 23.0. The molecule has 0 saturated carbocycles. The molecule has 0 unspecified atom stereocenters. The fourth-order valence-electron chi connectivity index (χ4n) is 10.9. The summed E-state index contributed by atoms with van der Waals surface area (Å²) in [6.45, 7) is 4.69. The summed E-state index contributed by atoms with van der Waals surface area (Å²) in [4.78, 5) is 10.6. The van der Waals surface area contributed by atoms with Crippen molar-refractivity contribution in [1.82, 2.24) is 9.97 Å². The van der Waals surface area contributed by atoms with Crippen LogP contribution < -0.4 is 0 Å². The highest BCUT2D eigenvalue weighted by atomic mass is 16.3. The van der Waals surface area contributed by atoms with E-state index in [0.29, 0.717) is 5.82 Å². The number of para-hydroxylation sites is 1. The Kier molecular flexibility index (Phi) is 8.00. The van der Waals surface area contributed by atoms with E-state index in [9.17, 15) is 0 Å². The summed E-state index contributed by atoms with van der Waals surface area (Å²) < 4.78 is 12.9. The van der Waals surface area contributed by atoms with Crippen LogP contribution in [0.1, 0.15) is 25.0 Å². The predicted molar refractivity (Wildman–Crippen MR) is 276 cm³/mol. The van der Waals surface area contributed by atoms with E-state index in [2.05, 4.69) is 196 Å². The Balaban J connectivity index is 0.881. The van der Waals surface area contributed by atoms with Gasteiger partial charge in [-0.15, -0.1) is 0 Å². The summed E-state index contributed by atoms with van der Waals surface area (Å²) >= 11 is 0. The molecule has 4 heteroatoms. The molecule has 0 saturated heterocycles. The van der Waals surface area contributed by atoms with Gasteiger partial charge in [0.25, 0.3) is 0 Å². The van der Waals surface area contributed by atoms with E-state index in [4.69, 9.17) is 18.8 Å². The molecule has 13 aromatic rings. The lowest BCUT2D eigenvalue weighted by Gasteiger charge is -2.22. The monoisotopic (exact) mass is 856 g/mol. The number of rotatable bonds is 5. The summed E-state index contributed by atoms with van der Waals surface area (Å²) in [5, 5.41) is 9.07. The summed E-state index contributed by atoms with van der Waals surface area (Å²) in [6.07, 6.45) is 0. The Morgan fingerprint density at radius 1 is 0.343 bits per heavy atom. The highest BCUT2D eigenvalue weighted by molar-refractivity contribution is 6.19. The first-order valence-corrected chi connectivity index (χ1v) is 23.0. The van der Waals surface area contributed by atoms with Gasteiger partial charge in [0, 0.05) is 43.7 Å². The maximum Gasteiger partial charge on any atom is 0.160 e. The van der Waals surface area contributed by atoms with Gasteiger partial charge in [0.15, 0.2) is 5.82 Å². The third-order valence-corrected chi connectivity index (χ3v) is 14.3.